The van der Waals surface area contributed by atoms with Gasteiger partial charge in [0.1, 0.15) is 5.69 Å². The van der Waals surface area contributed by atoms with Gasteiger partial charge in [-0.1, -0.05) is 23.7 Å². The maximum atomic E-state index is 13.2. The van der Waals surface area contributed by atoms with Crippen LogP contribution in [0.3, 0.4) is 0 Å². The number of aromatic nitrogens is 2. The van der Waals surface area contributed by atoms with Gasteiger partial charge in [-0.15, -0.1) is 11.3 Å². The van der Waals surface area contributed by atoms with Crippen LogP contribution in [0.25, 0.3) is 0 Å². The number of carbonyl (C=O) groups excluding carboxylic acids is 1. The van der Waals surface area contributed by atoms with Gasteiger partial charge in [-0.25, -0.2) is 4.98 Å². The van der Waals surface area contributed by atoms with Crippen LogP contribution in [-0.4, -0.2) is 44.4 Å². The Morgan fingerprint density at radius 2 is 1.93 bits per heavy atom. The Labute approximate surface area is 173 Å². The van der Waals surface area contributed by atoms with E-state index >= 15 is 0 Å². The smallest absolute Gasteiger partial charge is 0.271 e. The molecule has 1 fully saturated rings. The van der Waals surface area contributed by atoms with Gasteiger partial charge in [0.15, 0.2) is 0 Å². The van der Waals surface area contributed by atoms with E-state index in [1.807, 2.05) is 42.3 Å². The maximum Gasteiger partial charge on any atom is 0.271 e. The van der Waals surface area contributed by atoms with E-state index in [1.54, 1.807) is 11.3 Å². The molecule has 28 heavy (non-hydrogen) atoms. The molecule has 2 atom stereocenters. The highest BCUT2D eigenvalue weighted by atomic mass is 35.5. The fourth-order valence-corrected chi connectivity index (χ4v) is 5.14. The summed E-state index contributed by atoms with van der Waals surface area (Å²) in [6, 6.07) is 12.4. The van der Waals surface area contributed by atoms with Crippen LogP contribution in [-0.2, 0) is 13.1 Å². The van der Waals surface area contributed by atoms with E-state index in [1.165, 1.54) is 5.56 Å². The second kappa shape index (κ2) is 7.03. The first-order chi connectivity index (χ1) is 13.6. The molecule has 5 nitrogen and oxygen atoms in total. The molecular formula is C21H21ClN4OS. The fourth-order valence-electron chi connectivity index (χ4n) is 4.41. The molecule has 1 amide bonds. The van der Waals surface area contributed by atoms with Crippen molar-refractivity contribution in [3.63, 3.8) is 0 Å². The lowest BCUT2D eigenvalue weighted by Crippen LogP contribution is -2.49. The van der Waals surface area contributed by atoms with E-state index in [4.69, 9.17) is 11.6 Å². The van der Waals surface area contributed by atoms with Gasteiger partial charge in [-0.3, -0.25) is 9.69 Å². The number of benzene rings is 1. The molecule has 1 aromatic carbocycles. The van der Waals surface area contributed by atoms with Crippen molar-refractivity contribution in [3.05, 3.63) is 75.0 Å². The predicted octanol–water partition coefficient (Wildman–Crippen LogP) is 3.99. The third-order valence-electron chi connectivity index (χ3n) is 5.67. The van der Waals surface area contributed by atoms with Crippen molar-refractivity contribution in [2.45, 2.75) is 32.1 Å². The van der Waals surface area contributed by atoms with Crippen LogP contribution in [0.15, 0.2) is 48.0 Å². The van der Waals surface area contributed by atoms with Gasteiger partial charge in [0.05, 0.1) is 29.3 Å². The lowest BCUT2D eigenvalue weighted by atomic mass is 10.1. The molecular weight excluding hydrogens is 392 g/mol. The number of rotatable bonds is 4. The van der Waals surface area contributed by atoms with Crippen molar-refractivity contribution in [3.8, 4) is 0 Å². The quantitative estimate of drug-likeness (QED) is 0.650. The van der Waals surface area contributed by atoms with Gasteiger partial charge < -0.3 is 9.47 Å². The molecule has 0 spiro atoms. The molecule has 0 unspecified atom stereocenters. The zero-order chi connectivity index (χ0) is 19.3. The summed E-state index contributed by atoms with van der Waals surface area (Å²) in [6.07, 6.45) is 2.04. The van der Waals surface area contributed by atoms with Crippen molar-refractivity contribution < 1.29 is 4.79 Å². The van der Waals surface area contributed by atoms with Crippen molar-refractivity contribution in [1.82, 2.24) is 19.4 Å². The number of amides is 1. The summed E-state index contributed by atoms with van der Waals surface area (Å²) in [7, 11) is 0. The number of thiazole rings is 1. The Morgan fingerprint density at radius 3 is 2.68 bits per heavy atom. The van der Waals surface area contributed by atoms with Crippen LogP contribution in [0.2, 0.25) is 5.02 Å². The van der Waals surface area contributed by atoms with Crippen molar-refractivity contribution >= 4 is 28.8 Å². The van der Waals surface area contributed by atoms with E-state index < -0.39 is 0 Å². The molecule has 2 aliphatic rings. The maximum absolute atomic E-state index is 13.2. The van der Waals surface area contributed by atoms with E-state index in [-0.39, 0.29) is 18.0 Å². The molecule has 144 valence electrons. The summed E-state index contributed by atoms with van der Waals surface area (Å²) >= 11 is 7.65. The fraction of sp³-hybridized carbons (Fsp3) is 0.333. The lowest BCUT2D eigenvalue weighted by Gasteiger charge is -2.38. The number of aryl methyl sites for hydroxylation is 1. The van der Waals surface area contributed by atoms with Crippen molar-refractivity contribution in [1.29, 1.82) is 0 Å². The minimum absolute atomic E-state index is 0.102. The Balaban J connectivity index is 1.42. The first-order valence-corrected chi connectivity index (χ1v) is 10.7. The Kier molecular flexibility index (Phi) is 4.50. The minimum atomic E-state index is 0.102. The molecule has 0 aliphatic carbocycles. The third kappa shape index (κ3) is 3.15. The van der Waals surface area contributed by atoms with Crippen LogP contribution < -0.4 is 0 Å². The number of fused-ring (bicyclic) bond motifs is 3. The lowest BCUT2D eigenvalue weighted by molar-refractivity contribution is 0.0553. The molecule has 4 heterocycles. The third-order valence-corrected chi connectivity index (χ3v) is 6.74. The molecule has 2 aliphatic heterocycles. The largest absolute Gasteiger partial charge is 0.337 e. The summed E-state index contributed by atoms with van der Waals surface area (Å²) in [6.45, 7) is 5.22. The standard InChI is InChI=1S/C21H21ClN4OS/c1-14-23-17(13-28-14)10-26-20-12-24(9-15-4-6-16(22)7-5-15)11-19(20)25-8-2-3-18(25)21(26)27/h2-8,13,19-20H,9-12H2,1H3/t19-,20-/m1/s1. The molecule has 0 radical (unpaired) electrons. The second-order valence-electron chi connectivity index (χ2n) is 7.55. The van der Waals surface area contributed by atoms with Gasteiger partial charge in [0.2, 0.25) is 0 Å². The van der Waals surface area contributed by atoms with Gasteiger partial charge in [0, 0.05) is 36.2 Å². The van der Waals surface area contributed by atoms with Crippen LogP contribution in [0.1, 0.15) is 32.8 Å². The summed E-state index contributed by atoms with van der Waals surface area (Å²) in [5.41, 5.74) is 3.00. The number of likely N-dealkylation sites (tertiary alicyclic amines) is 1. The Morgan fingerprint density at radius 1 is 1.14 bits per heavy atom. The van der Waals surface area contributed by atoms with E-state index in [0.29, 0.717) is 6.54 Å². The van der Waals surface area contributed by atoms with E-state index in [9.17, 15) is 4.79 Å². The number of nitrogens with zero attached hydrogens (tertiary/aromatic N) is 4. The second-order valence-corrected chi connectivity index (χ2v) is 9.05. The summed E-state index contributed by atoms with van der Waals surface area (Å²) in [5, 5.41) is 3.85. The zero-order valence-electron chi connectivity index (χ0n) is 15.6. The number of carbonyl (C=O) groups is 1. The molecule has 7 heteroatoms. The number of hydrogen-bond acceptors (Lipinski definition) is 4. The minimum Gasteiger partial charge on any atom is -0.337 e. The average Bonchev–Trinajstić information content (AvgIpc) is 3.40. The topological polar surface area (TPSA) is 41.4 Å². The molecule has 0 saturated carbocycles. The molecule has 1 saturated heterocycles. The Bertz CT molecular complexity index is 1010. The molecule has 0 N–H and O–H groups in total. The van der Waals surface area contributed by atoms with Crippen LogP contribution in [0.4, 0.5) is 0 Å². The summed E-state index contributed by atoms with van der Waals surface area (Å²) < 4.78 is 2.16. The Hall–Kier alpha value is -2.15. The van der Waals surface area contributed by atoms with E-state index in [2.05, 4.69) is 32.0 Å². The highest BCUT2D eigenvalue weighted by Crippen LogP contribution is 2.35. The monoisotopic (exact) mass is 412 g/mol. The van der Waals surface area contributed by atoms with E-state index in [0.717, 1.165) is 41.1 Å². The average molecular weight is 413 g/mol. The molecule has 2 aromatic heterocycles. The van der Waals surface area contributed by atoms with Crippen molar-refractivity contribution in [2.24, 2.45) is 0 Å². The van der Waals surface area contributed by atoms with Gasteiger partial charge in [-0.2, -0.15) is 0 Å². The van der Waals surface area contributed by atoms with Gasteiger partial charge >= 0.3 is 0 Å². The van der Waals surface area contributed by atoms with Gasteiger partial charge in [0.25, 0.3) is 5.91 Å². The first-order valence-electron chi connectivity index (χ1n) is 9.44. The van der Waals surface area contributed by atoms with Gasteiger partial charge in [-0.05, 0) is 36.8 Å². The molecule has 5 rings (SSSR count). The van der Waals surface area contributed by atoms with Crippen molar-refractivity contribution in [2.75, 3.05) is 13.1 Å². The zero-order valence-corrected chi connectivity index (χ0v) is 17.2. The normalized spacial score (nSPS) is 21.8. The van der Waals surface area contributed by atoms with Crippen LogP contribution in [0, 0.1) is 6.92 Å². The number of halogens is 1. The van der Waals surface area contributed by atoms with Crippen LogP contribution >= 0.6 is 22.9 Å². The highest BCUT2D eigenvalue weighted by molar-refractivity contribution is 7.09. The number of hydrogen-bond donors (Lipinski definition) is 0. The van der Waals surface area contributed by atoms with Crippen LogP contribution in [0.5, 0.6) is 0 Å². The predicted molar refractivity (Wildman–Crippen MR) is 111 cm³/mol. The molecule has 0 bridgehead atoms. The highest BCUT2D eigenvalue weighted by Gasteiger charge is 2.44. The summed E-state index contributed by atoms with van der Waals surface area (Å²) in [4.78, 5) is 22.2. The molecule has 3 aromatic rings. The SMILES string of the molecule is Cc1nc(CN2C(=O)c3cccn3[C@@H]3CN(Cc4ccc(Cl)cc4)C[C@H]32)cs1. The first kappa shape index (κ1) is 17.9. The summed E-state index contributed by atoms with van der Waals surface area (Å²) in [5.74, 6) is 0.102.